The molecule has 1 aromatic carbocycles. The first-order chi connectivity index (χ1) is 12.9. The molecule has 3 rings (SSSR count). The Bertz CT molecular complexity index is 977. The minimum Gasteiger partial charge on any atom is -0.495 e. The minimum atomic E-state index is -3.76. The molecule has 0 spiro atoms. The predicted molar refractivity (Wildman–Crippen MR) is 107 cm³/mol. The average Bonchev–Trinajstić information content (AvgIpc) is 3.34. The first kappa shape index (κ1) is 19.7. The number of nitrogens with zero attached hydrogens (tertiary/aromatic N) is 1. The molecule has 0 radical (unpaired) electrons. The predicted octanol–water partition coefficient (Wildman–Crippen LogP) is 4.40. The van der Waals surface area contributed by atoms with Gasteiger partial charge in [0, 0.05) is 11.4 Å². The van der Waals surface area contributed by atoms with E-state index in [1.165, 1.54) is 11.4 Å². The third kappa shape index (κ3) is 4.43. The van der Waals surface area contributed by atoms with Crippen molar-refractivity contribution >= 4 is 21.4 Å². The van der Waals surface area contributed by atoms with Crippen molar-refractivity contribution in [2.45, 2.75) is 31.7 Å². The Morgan fingerprint density at radius 1 is 1.15 bits per heavy atom. The Morgan fingerprint density at radius 3 is 2.56 bits per heavy atom. The van der Waals surface area contributed by atoms with Crippen molar-refractivity contribution in [3.05, 3.63) is 69.8 Å². The van der Waals surface area contributed by atoms with Crippen molar-refractivity contribution in [1.82, 2.24) is 4.31 Å². The summed E-state index contributed by atoms with van der Waals surface area (Å²) < 4.78 is 39.2. The molecule has 0 aliphatic carbocycles. The first-order valence-corrected chi connectivity index (χ1v) is 10.9. The lowest BCUT2D eigenvalue weighted by Crippen LogP contribution is -2.32. The van der Waals surface area contributed by atoms with Crippen LogP contribution in [0.15, 0.2) is 57.4 Å². The number of benzene rings is 1. The summed E-state index contributed by atoms with van der Waals surface area (Å²) in [5, 5.41) is 1.99. The van der Waals surface area contributed by atoms with Crippen LogP contribution >= 0.6 is 11.3 Å². The number of hydrogen-bond acceptors (Lipinski definition) is 5. The van der Waals surface area contributed by atoms with E-state index in [1.807, 2.05) is 31.4 Å². The van der Waals surface area contributed by atoms with E-state index in [0.29, 0.717) is 24.5 Å². The summed E-state index contributed by atoms with van der Waals surface area (Å²) in [6, 6.07) is 11.0. The van der Waals surface area contributed by atoms with Crippen LogP contribution in [0.4, 0.5) is 0 Å². The third-order valence-electron chi connectivity index (χ3n) is 4.50. The van der Waals surface area contributed by atoms with Crippen molar-refractivity contribution in [3.8, 4) is 5.75 Å². The summed E-state index contributed by atoms with van der Waals surface area (Å²) in [5.74, 6) is 0.964. The zero-order valence-electron chi connectivity index (χ0n) is 15.6. The summed E-state index contributed by atoms with van der Waals surface area (Å²) in [4.78, 5) is 1.33. The van der Waals surface area contributed by atoms with E-state index in [1.54, 1.807) is 41.9 Å². The molecule has 0 amide bonds. The Hall–Kier alpha value is -2.09. The number of sulfonamides is 1. The van der Waals surface area contributed by atoms with Gasteiger partial charge in [-0.05, 0) is 67.1 Å². The molecule has 0 aliphatic rings. The van der Waals surface area contributed by atoms with E-state index < -0.39 is 10.0 Å². The van der Waals surface area contributed by atoms with Gasteiger partial charge in [0.05, 0.1) is 19.9 Å². The fourth-order valence-corrected chi connectivity index (χ4v) is 5.14. The van der Waals surface area contributed by atoms with Crippen molar-refractivity contribution in [2.24, 2.45) is 0 Å². The molecule has 0 unspecified atom stereocenters. The average molecular weight is 406 g/mol. The maximum Gasteiger partial charge on any atom is 0.247 e. The van der Waals surface area contributed by atoms with Crippen LogP contribution < -0.4 is 4.74 Å². The van der Waals surface area contributed by atoms with Crippen LogP contribution in [0.3, 0.4) is 0 Å². The molecule has 2 heterocycles. The van der Waals surface area contributed by atoms with Crippen LogP contribution in [0.25, 0.3) is 0 Å². The van der Waals surface area contributed by atoms with Gasteiger partial charge in [-0.15, -0.1) is 11.3 Å². The molecule has 144 valence electrons. The minimum absolute atomic E-state index is 0.177. The van der Waals surface area contributed by atoms with Gasteiger partial charge in [0.25, 0.3) is 0 Å². The van der Waals surface area contributed by atoms with Crippen LogP contribution in [-0.2, 0) is 23.0 Å². The third-order valence-corrected chi connectivity index (χ3v) is 7.30. The highest BCUT2D eigenvalue weighted by Gasteiger charge is 2.29. The molecular formula is C20H23NO4S2. The Kier molecular flexibility index (Phi) is 6.04. The smallest absolute Gasteiger partial charge is 0.247 e. The van der Waals surface area contributed by atoms with Crippen LogP contribution in [0.1, 0.15) is 21.8 Å². The molecule has 0 bridgehead atoms. The van der Waals surface area contributed by atoms with Gasteiger partial charge in [-0.3, -0.25) is 0 Å². The summed E-state index contributed by atoms with van der Waals surface area (Å²) >= 11 is 1.62. The van der Waals surface area contributed by atoms with Crippen molar-refractivity contribution in [1.29, 1.82) is 0 Å². The first-order valence-electron chi connectivity index (χ1n) is 8.62. The van der Waals surface area contributed by atoms with E-state index >= 15 is 0 Å². The molecule has 0 N–H and O–H groups in total. The Morgan fingerprint density at radius 2 is 1.93 bits per heavy atom. The molecule has 0 saturated heterocycles. The summed E-state index contributed by atoms with van der Waals surface area (Å²) in [6.07, 6.45) is 2.20. The van der Waals surface area contributed by atoms with Crippen LogP contribution in [0.5, 0.6) is 5.75 Å². The van der Waals surface area contributed by atoms with Gasteiger partial charge in [-0.2, -0.15) is 4.31 Å². The summed E-state index contributed by atoms with van der Waals surface area (Å²) in [5.41, 5.74) is 1.90. The number of aryl methyl sites for hydroxylation is 2. The number of methoxy groups -OCH3 is 1. The molecule has 5 nitrogen and oxygen atoms in total. The fraction of sp³-hybridized carbons (Fsp3) is 0.300. The highest BCUT2D eigenvalue weighted by molar-refractivity contribution is 7.89. The lowest BCUT2D eigenvalue weighted by molar-refractivity contribution is 0.360. The van der Waals surface area contributed by atoms with Crippen LogP contribution in [-0.4, -0.2) is 26.4 Å². The zero-order chi connectivity index (χ0) is 19.4. The zero-order valence-corrected chi connectivity index (χ0v) is 17.3. The second-order valence-electron chi connectivity index (χ2n) is 6.33. The maximum atomic E-state index is 13.5. The lowest BCUT2D eigenvalue weighted by atomic mass is 10.1. The standard InChI is InChI=1S/C20H23NO4S2/c1-15-12-19(24-3)20(13-16(15)2)27(22,23)21(14-17-6-4-10-25-17)9-8-18-7-5-11-26-18/h4-7,10-13H,8-9,14H2,1-3H3. The molecule has 0 saturated carbocycles. The van der Waals surface area contributed by atoms with Gasteiger partial charge in [-0.1, -0.05) is 6.07 Å². The maximum absolute atomic E-state index is 13.5. The summed E-state index contributed by atoms with van der Waals surface area (Å²) in [7, 11) is -2.27. The van der Waals surface area contributed by atoms with E-state index in [0.717, 1.165) is 16.0 Å². The second-order valence-corrected chi connectivity index (χ2v) is 9.27. The second kappa shape index (κ2) is 8.29. The van der Waals surface area contributed by atoms with Gasteiger partial charge in [0.1, 0.15) is 16.4 Å². The monoisotopic (exact) mass is 405 g/mol. The molecule has 0 aliphatic heterocycles. The molecular weight excluding hydrogens is 382 g/mol. The Balaban J connectivity index is 1.97. The van der Waals surface area contributed by atoms with E-state index in [9.17, 15) is 8.42 Å². The summed E-state index contributed by atoms with van der Waals surface area (Å²) in [6.45, 7) is 4.37. The number of thiophene rings is 1. The fourth-order valence-electron chi connectivity index (χ4n) is 2.81. The number of hydrogen-bond donors (Lipinski definition) is 0. The lowest BCUT2D eigenvalue weighted by Gasteiger charge is -2.23. The number of rotatable bonds is 8. The van der Waals surface area contributed by atoms with Crippen molar-refractivity contribution in [3.63, 3.8) is 0 Å². The van der Waals surface area contributed by atoms with Crippen LogP contribution in [0.2, 0.25) is 0 Å². The quantitative estimate of drug-likeness (QED) is 0.557. The number of ether oxygens (including phenoxy) is 1. The van der Waals surface area contributed by atoms with Gasteiger partial charge in [-0.25, -0.2) is 8.42 Å². The normalized spacial score (nSPS) is 11.9. The molecule has 3 aromatic rings. The van der Waals surface area contributed by atoms with E-state index in [2.05, 4.69) is 0 Å². The molecule has 0 atom stereocenters. The molecule has 2 aromatic heterocycles. The van der Waals surface area contributed by atoms with Crippen LogP contribution in [0, 0.1) is 13.8 Å². The topological polar surface area (TPSA) is 59.8 Å². The highest BCUT2D eigenvalue weighted by atomic mass is 32.2. The molecule has 7 heteroatoms. The Labute approximate surface area is 164 Å². The van der Waals surface area contributed by atoms with E-state index in [4.69, 9.17) is 9.15 Å². The van der Waals surface area contributed by atoms with E-state index in [-0.39, 0.29) is 11.4 Å². The SMILES string of the molecule is COc1cc(C)c(C)cc1S(=O)(=O)N(CCc1cccs1)Cc1ccco1. The highest BCUT2D eigenvalue weighted by Crippen LogP contribution is 2.31. The van der Waals surface area contributed by atoms with Gasteiger partial charge >= 0.3 is 0 Å². The van der Waals surface area contributed by atoms with Crippen molar-refractivity contribution in [2.75, 3.05) is 13.7 Å². The van der Waals surface area contributed by atoms with Crippen molar-refractivity contribution < 1.29 is 17.6 Å². The van der Waals surface area contributed by atoms with Gasteiger partial charge in [0.15, 0.2) is 0 Å². The van der Waals surface area contributed by atoms with Gasteiger partial charge < -0.3 is 9.15 Å². The van der Waals surface area contributed by atoms with Gasteiger partial charge in [0.2, 0.25) is 10.0 Å². The molecule has 0 fully saturated rings. The number of furan rings is 1. The molecule has 27 heavy (non-hydrogen) atoms. The largest absolute Gasteiger partial charge is 0.495 e.